The van der Waals surface area contributed by atoms with E-state index in [2.05, 4.69) is 27.5 Å². The Labute approximate surface area is 137 Å². The van der Waals surface area contributed by atoms with Crippen LogP contribution in [-0.2, 0) is 11.2 Å². The number of hydrogen-bond donors (Lipinski definition) is 1. The molecule has 0 radical (unpaired) electrons. The van der Waals surface area contributed by atoms with E-state index in [1.807, 2.05) is 11.4 Å². The van der Waals surface area contributed by atoms with Crippen molar-refractivity contribution in [2.75, 3.05) is 39.8 Å². The third-order valence-electron chi connectivity index (χ3n) is 5.27. The quantitative estimate of drug-likeness (QED) is 0.900. The van der Waals surface area contributed by atoms with Gasteiger partial charge in [0.25, 0.3) is 0 Å². The van der Waals surface area contributed by atoms with Crippen LogP contribution >= 0.6 is 11.3 Å². The molecule has 1 amide bonds. The van der Waals surface area contributed by atoms with Gasteiger partial charge in [-0.15, -0.1) is 0 Å². The summed E-state index contributed by atoms with van der Waals surface area (Å²) in [7, 11) is 2.20. The van der Waals surface area contributed by atoms with Crippen molar-refractivity contribution in [2.24, 2.45) is 0 Å². The van der Waals surface area contributed by atoms with Gasteiger partial charge < -0.3 is 10.2 Å². The molecule has 2 fully saturated rings. The summed E-state index contributed by atoms with van der Waals surface area (Å²) in [5.41, 5.74) is 1.34. The van der Waals surface area contributed by atoms with Crippen molar-refractivity contribution in [3.05, 3.63) is 22.4 Å². The van der Waals surface area contributed by atoms with E-state index in [-0.39, 0.29) is 11.4 Å². The summed E-state index contributed by atoms with van der Waals surface area (Å²) in [5.74, 6) is 0.166. The van der Waals surface area contributed by atoms with Gasteiger partial charge in [-0.2, -0.15) is 11.3 Å². The Morgan fingerprint density at radius 3 is 2.64 bits per heavy atom. The second kappa shape index (κ2) is 7.11. The molecule has 22 heavy (non-hydrogen) atoms. The van der Waals surface area contributed by atoms with Crippen LogP contribution in [0.25, 0.3) is 0 Å². The fourth-order valence-corrected chi connectivity index (χ4v) is 4.49. The van der Waals surface area contributed by atoms with Crippen LogP contribution in [0, 0.1) is 0 Å². The molecule has 1 aromatic heterocycles. The third-order valence-corrected chi connectivity index (χ3v) is 6.00. The van der Waals surface area contributed by atoms with Crippen LogP contribution in [0.5, 0.6) is 0 Å². The Bertz CT molecular complexity index is 474. The van der Waals surface area contributed by atoms with Crippen LogP contribution in [0.15, 0.2) is 16.8 Å². The summed E-state index contributed by atoms with van der Waals surface area (Å²) in [6.07, 6.45) is 5.58. The highest BCUT2D eigenvalue weighted by Gasteiger charge is 2.40. The molecular formula is C17H27N3OS. The zero-order valence-corrected chi connectivity index (χ0v) is 14.3. The molecular weight excluding hydrogens is 294 g/mol. The van der Waals surface area contributed by atoms with Gasteiger partial charge in [-0.25, -0.2) is 0 Å². The number of thiophene rings is 1. The zero-order chi connectivity index (χ0) is 15.4. The minimum absolute atomic E-state index is 0.166. The van der Waals surface area contributed by atoms with Gasteiger partial charge >= 0.3 is 0 Å². The molecule has 4 nitrogen and oxygen atoms in total. The first-order valence-corrected chi connectivity index (χ1v) is 9.34. The Hall–Kier alpha value is -0.910. The minimum Gasteiger partial charge on any atom is -0.354 e. The van der Waals surface area contributed by atoms with Gasteiger partial charge in [0.05, 0.1) is 6.42 Å². The lowest BCUT2D eigenvalue weighted by Crippen LogP contribution is -2.59. The molecule has 1 aliphatic heterocycles. The highest BCUT2D eigenvalue weighted by Crippen LogP contribution is 2.35. The van der Waals surface area contributed by atoms with Crippen molar-refractivity contribution in [3.63, 3.8) is 0 Å². The number of piperazine rings is 1. The maximum atomic E-state index is 12.2. The van der Waals surface area contributed by atoms with Crippen molar-refractivity contribution in [1.82, 2.24) is 15.1 Å². The number of hydrogen-bond acceptors (Lipinski definition) is 4. The lowest BCUT2D eigenvalue weighted by Gasteiger charge is -2.45. The molecule has 1 saturated heterocycles. The van der Waals surface area contributed by atoms with E-state index in [0.29, 0.717) is 6.42 Å². The lowest BCUT2D eigenvalue weighted by atomic mass is 9.93. The Morgan fingerprint density at radius 1 is 1.27 bits per heavy atom. The molecule has 2 aliphatic rings. The maximum Gasteiger partial charge on any atom is 0.224 e. The number of nitrogens with one attached hydrogen (secondary N) is 1. The SMILES string of the molecule is CN1CCN(C2(CNC(=O)Cc3ccsc3)CCCC2)CC1. The van der Waals surface area contributed by atoms with E-state index in [4.69, 9.17) is 0 Å². The van der Waals surface area contributed by atoms with Crippen LogP contribution in [-0.4, -0.2) is 61.0 Å². The molecule has 1 saturated carbocycles. The molecule has 3 rings (SSSR count). The molecule has 5 heteroatoms. The maximum absolute atomic E-state index is 12.2. The van der Waals surface area contributed by atoms with Crippen LogP contribution in [0.2, 0.25) is 0 Å². The monoisotopic (exact) mass is 321 g/mol. The normalized spacial score (nSPS) is 22.8. The van der Waals surface area contributed by atoms with Crippen LogP contribution in [0.3, 0.4) is 0 Å². The fourth-order valence-electron chi connectivity index (χ4n) is 3.82. The molecule has 0 unspecified atom stereocenters. The van der Waals surface area contributed by atoms with E-state index < -0.39 is 0 Å². The van der Waals surface area contributed by atoms with Crippen LogP contribution in [0.4, 0.5) is 0 Å². The Morgan fingerprint density at radius 2 is 2.00 bits per heavy atom. The second-order valence-corrected chi connectivity index (χ2v) is 7.59. The zero-order valence-electron chi connectivity index (χ0n) is 13.5. The van der Waals surface area contributed by atoms with E-state index in [0.717, 1.165) is 38.3 Å². The molecule has 1 N–H and O–H groups in total. The lowest BCUT2D eigenvalue weighted by molar-refractivity contribution is -0.121. The molecule has 0 bridgehead atoms. The molecule has 0 spiro atoms. The fraction of sp³-hybridized carbons (Fsp3) is 0.706. The van der Waals surface area contributed by atoms with E-state index in [1.165, 1.54) is 25.7 Å². The van der Waals surface area contributed by atoms with Gasteiger partial charge in [-0.05, 0) is 42.3 Å². The third kappa shape index (κ3) is 3.70. The number of carbonyl (C=O) groups excluding carboxylic acids is 1. The minimum atomic E-state index is 0.166. The molecule has 0 atom stereocenters. The molecule has 2 heterocycles. The number of likely N-dealkylation sites (N-methyl/N-ethyl adjacent to an activating group) is 1. The van der Waals surface area contributed by atoms with Gasteiger partial charge in [-0.3, -0.25) is 9.69 Å². The second-order valence-electron chi connectivity index (χ2n) is 6.81. The van der Waals surface area contributed by atoms with Gasteiger partial charge in [0.15, 0.2) is 0 Å². The Kier molecular flexibility index (Phi) is 5.16. The van der Waals surface area contributed by atoms with Crippen LogP contribution < -0.4 is 5.32 Å². The largest absolute Gasteiger partial charge is 0.354 e. The number of carbonyl (C=O) groups is 1. The summed E-state index contributed by atoms with van der Waals surface area (Å²) in [6, 6.07) is 2.04. The van der Waals surface area contributed by atoms with Crippen molar-refractivity contribution in [1.29, 1.82) is 0 Å². The van der Waals surface area contributed by atoms with Gasteiger partial charge in [0.1, 0.15) is 0 Å². The number of rotatable bonds is 5. The van der Waals surface area contributed by atoms with Crippen molar-refractivity contribution in [2.45, 2.75) is 37.6 Å². The summed E-state index contributed by atoms with van der Waals surface area (Å²) < 4.78 is 0. The predicted molar refractivity (Wildman–Crippen MR) is 91.3 cm³/mol. The van der Waals surface area contributed by atoms with E-state index >= 15 is 0 Å². The highest BCUT2D eigenvalue weighted by atomic mass is 32.1. The smallest absolute Gasteiger partial charge is 0.224 e. The summed E-state index contributed by atoms with van der Waals surface area (Å²) >= 11 is 1.65. The van der Waals surface area contributed by atoms with E-state index in [1.54, 1.807) is 11.3 Å². The van der Waals surface area contributed by atoms with E-state index in [9.17, 15) is 4.79 Å². The first-order chi connectivity index (χ1) is 10.7. The summed E-state index contributed by atoms with van der Waals surface area (Å²) in [6.45, 7) is 5.38. The highest BCUT2D eigenvalue weighted by molar-refractivity contribution is 7.07. The van der Waals surface area contributed by atoms with Crippen LogP contribution in [0.1, 0.15) is 31.2 Å². The topological polar surface area (TPSA) is 35.6 Å². The first-order valence-electron chi connectivity index (χ1n) is 8.39. The molecule has 1 aliphatic carbocycles. The average Bonchev–Trinajstić information content (AvgIpc) is 3.18. The predicted octanol–water partition coefficient (Wildman–Crippen LogP) is 1.97. The average molecular weight is 321 g/mol. The number of amides is 1. The van der Waals surface area contributed by atoms with Crippen molar-refractivity contribution >= 4 is 17.2 Å². The van der Waals surface area contributed by atoms with Gasteiger partial charge in [-0.1, -0.05) is 12.8 Å². The number of nitrogens with zero attached hydrogens (tertiary/aromatic N) is 2. The van der Waals surface area contributed by atoms with Gasteiger partial charge in [0.2, 0.25) is 5.91 Å². The first kappa shape index (κ1) is 16.0. The van der Waals surface area contributed by atoms with Gasteiger partial charge in [0, 0.05) is 38.3 Å². The van der Waals surface area contributed by atoms with Crippen molar-refractivity contribution < 1.29 is 4.79 Å². The summed E-state index contributed by atoms with van der Waals surface area (Å²) in [5, 5.41) is 7.32. The molecule has 1 aromatic rings. The standard InChI is InChI=1S/C17H27N3OS/c1-19-7-9-20(10-8-19)17(5-2-3-6-17)14-18-16(21)12-15-4-11-22-13-15/h4,11,13H,2-3,5-10,12,14H2,1H3,(H,18,21). The molecule has 122 valence electrons. The molecule has 0 aromatic carbocycles. The van der Waals surface area contributed by atoms with Crippen molar-refractivity contribution in [3.8, 4) is 0 Å². The summed E-state index contributed by atoms with van der Waals surface area (Å²) in [4.78, 5) is 17.3. The Balaban J connectivity index is 1.56.